The maximum absolute atomic E-state index is 12.2. The summed E-state index contributed by atoms with van der Waals surface area (Å²) in [7, 11) is 0. The summed E-state index contributed by atoms with van der Waals surface area (Å²) in [6.07, 6.45) is 1.94. The first-order chi connectivity index (χ1) is 9.94. The fourth-order valence-electron chi connectivity index (χ4n) is 2.54. The molecule has 0 saturated heterocycles. The van der Waals surface area contributed by atoms with Gasteiger partial charge in [-0.3, -0.25) is 9.89 Å². The maximum Gasteiger partial charge on any atom is 0.289 e. The quantitative estimate of drug-likeness (QED) is 0.724. The number of benzene rings is 1. The number of anilines is 1. The minimum Gasteiger partial charge on any atom is -0.487 e. The second kappa shape index (κ2) is 4.76. The summed E-state index contributed by atoms with van der Waals surface area (Å²) < 4.78 is 5.93. The molecule has 1 atom stereocenters. The summed E-state index contributed by atoms with van der Waals surface area (Å²) >= 11 is 0. The molecule has 2 heterocycles. The van der Waals surface area contributed by atoms with Gasteiger partial charge in [0.1, 0.15) is 17.7 Å². The predicted molar refractivity (Wildman–Crippen MR) is 76.8 cm³/mol. The topological polar surface area (TPSA) is 106 Å². The summed E-state index contributed by atoms with van der Waals surface area (Å²) in [6, 6.07) is 5.26. The number of hydrogen-bond acceptors (Lipinski definition) is 5. The van der Waals surface area contributed by atoms with E-state index in [1.807, 2.05) is 26.0 Å². The number of nitrogens with two attached hydrogens (primary N) is 1. The molecule has 0 spiro atoms. The van der Waals surface area contributed by atoms with Gasteiger partial charge in [0, 0.05) is 17.7 Å². The van der Waals surface area contributed by atoms with Crippen LogP contribution in [-0.2, 0) is 0 Å². The van der Waals surface area contributed by atoms with E-state index < -0.39 is 0 Å². The molecule has 3 rings (SSSR count). The van der Waals surface area contributed by atoms with E-state index in [2.05, 4.69) is 20.5 Å². The molecule has 21 heavy (non-hydrogen) atoms. The Morgan fingerprint density at radius 2 is 2.33 bits per heavy atom. The summed E-state index contributed by atoms with van der Waals surface area (Å²) in [5.74, 6) is 0.622. The van der Waals surface area contributed by atoms with Crippen molar-refractivity contribution in [2.45, 2.75) is 31.9 Å². The van der Waals surface area contributed by atoms with Crippen LogP contribution in [0.4, 0.5) is 5.69 Å². The van der Waals surface area contributed by atoms with E-state index in [1.54, 1.807) is 6.07 Å². The molecule has 0 aliphatic carbocycles. The Hall–Kier alpha value is -2.57. The van der Waals surface area contributed by atoms with Crippen molar-refractivity contribution in [3.63, 3.8) is 0 Å². The highest BCUT2D eigenvalue weighted by Crippen LogP contribution is 2.40. The molecule has 1 aromatic heterocycles. The molecule has 1 aliphatic heterocycles. The van der Waals surface area contributed by atoms with Gasteiger partial charge in [0.25, 0.3) is 5.91 Å². The number of fused-ring (bicyclic) bond motifs is 1. The molecule has 1 aromatic carbocycles. The normalized spacial score (nSPS) is 19.4. The Morgan fingerprint density at radius 3 is 3.05 bits per heavy atom. The highest BCUT2D eigenvalue weighted by Gasteiger charge is 2.35. The van der Waals surface area contributed by atoms with E-state index in [0.717, 1.165) is 11.3 Å². The van der Waals surface area contributed by atoms with Crippen molar-refractivity contribution in [2.75, 3.05) is 5.73 Å². The van der Waals surface area contributed by atoms with Gasteiger partial charge in [-0.1, -0.05) is 0 Å². The van der Waals surface area contributed by atoms with Crippen LogP contribution in [0.15, 0.2) is 24.5 Å². The summed E-state index contributed by atoms with van der Waals surface area (Å²) in [4.78, 5) is 16.0. The van der Waals surface area contributed by atoms with Crippen LogP contribution in [0.2, 0.25) is 0 Å². The molecule has 0 saturated carbocycles. The number of aromatic amines is 1. The second-order valence-electron chi connectivity index (χ2n) is 5.72. The van der Waals surface area contributed by atoms with Gasteiger partial charge < -0.3 is 15.8 Å². The third kappa shape index (κ3) is 2.67. The largest absolute Gasteiger partial charge is 0.487 e. The number of hydrogen-bond donors (Lipinski definition) is 3. The van der Waals surface area contributed by atoms with E-state index in [0.29, 0.717) is 12.1 Å². The summed E-state index contributed by atoms with van der Waals surface area (Å²) in [6.45, 7) is 3.97. The van der Waals surface area contributed by atoms with Gasteiger partial charge in [-0.2, -0.15) is 5.10 Å². The first kappa shape index (κ1) is 13.4. The molecular formula is C14H17N5O2. The molecule has 7 heteroatoms. The fraction of sp³-hybridized carbons (Fsp3) is 0.357. The average Bonchev–Trinajstić information content (AvgIpc) is 2.93. The number of aromatic nitrogens is 3. The van der Waals surface area contributed by atoms with Crippen molar-refractivity contribution in [3.05, 3.63) is 35.9 Å². The molecule has 0 radical (unpaired) electrons. The number of carbonyl (C=O) groups is 1. The highest BCUT2D eigenvalue weighted by atomic mass is 16.5. The SMILES string of the molecule is CC1(C)CC(NC(=O)c2ncn[nH]2)c2cc(N)ccc2O1. The highest BCUT2D eigenvalue weighted by molar-refractivity contribution is 5.90. The van der Waals surface area contributed by atoms with Crippen LogP contribution < -0.4 is 15.8 Å². The van der Waals surface area contributed by atoms with Crippen LogP contribution in [0.5, 0.6) is 5.75 Å². The molecule has 1 unspecified atom stereocenters. The zero-order valence-corrected chi connectivity index (χ0v) is 11.9. The third-order valence-electron chi connectivity index (χ3n) is 3.43. The Bertz CT molecular complexity index is 666. The van der Waals surface area contributed by atoms with Crippen LogP contribution in [0.1, 0.15) is 42.5 Å². The zero-order valence-electron chi connectivity index (χ0n) is 11.9. The van der Waals surface area contributed by atoms with Gasteiger partial charge in [-0.25, -0.2) is 4.98 Å². The molecule has 1 aliphatic rings. The minimum atomic E-state index is -0.373. The zero-order chi connectivity index (χ0) is 15.0. The number of nitrogens with one attached hydrogen (secondary N) is 2. The van der Waals surface area contributed by atoms with Crippen molar-refractivity contribution in [1.29, 1.82) is 0 Å². The monoisotopic (exact) mass is 287 g/mol. The molecule has 2 aromatic rings. The van der Waals surface area contributed by atoms with Gasteiger partial charge in [-0.15, -0.1) is 0 Å². The van der Waals surface area contributed by atoms with Crippen LogP contribution in [-0.4, -0.2) is 26.7 Å². The van der Waals surface area contributed by atoms with Crippen molar-refractivity contribution in [1.82, 2.24) is 20.5 Å². The van der Waals surface area contributed by atoms with E-state index in [4.69, 9.17) is 10.5 Å². The molecule has 0 fully saturated rings. The second-order valence-corrected chi connectivity index (χ2v) is 5.72. The lowest BCUT2D eigenvalue weighted by Crippen LogP contribution is -2.41. The summed E-state index contributed by atoms with van der Waals surface area (Å²) in [5, 5.41) is 9.19. The first-order valence-corrected chi connectivity index (χ1v) is 6.69. The van der Waals surface area contributed by atoms with E-state index >= 15 is 0 Å². The van der Waals surface area contributed by atoms with Crippen molar-refractivity contribution in [2.24, 2.45) is 0 Å². The van der Waals surface area contributed by atoms with E-state index in [9.17, 15) is 4.79 Å². The Labute approximate surface area is 121 Å². The fourth-order valence-corrected chi connectivity index (χ4v) is 2.54. The Morgan fingerprint density at radius 1 is 1.52 bits per heavy atom. The molecule has 1 amide bonds. The van der Waals surface area contributed by atoms with Crippen LogP contribution in [0, 0.1) is 0 Å². The van der Waals surface area contributed by atoms with Crippen LogP contribution in [0.3, 0.4) is 0 Å². The Balaban J connectivity index is 1.91. The van der Waals surface area contributed by atoms with Gasteiger partial charge in [-0.05, 0) is 32.0 Å². The number of amides is 1. The molecule has 7 nitrogen and oxygen atoms in total. The lowest BCUT2D eigenvalue weighted by atomic mass is 9.89. The van der Waals surface area contributed by atoms with Crippen molar-refractivity contribution in [3.8, 4) is 5.75 Å². The predicted octanol–water partition coefficient (Wildman–Crippen LogP) is 1.42. The van der Waals surface area contributed by atoms with Gasteiger partial charge in [0.15, 0.2) is 0 Å². The standard InChI is InChI=1S/C14H17N5O2/c1-14(2)6-10(18-13(20)12-16-7-17-19-12)9-5-8(15)3-4-11(9)21-14/h3-5,7,10H,6,15H2,1-2H3,(H,18,20)(H,16,17,19). The number of nitrogen functional groups attached to an aromatic ring is 1. The average molecular weight is 287 g/mol. The van der Waals surface area contributed by atoms with Crippen LogP contribution >= 0.6 is 0 Å². The smallest absolute Gasteiger partial charge is 0.289 e. The molecular weight excluding hydrogens is 270 g/mol. The minimum absolute atomic E-state index is 0.185. The van der Waals surface area contributed by atoms with E-state index in [-0.39, 0.29) is 23.4 Å². The van der Waals surface area contributed by atoms with Gasteiger partial charge in [0.2, 0.25) is 5.82 Å². The number of H-pyrrole nitrogens is 1. The molecule has 4 N–H and O–H groups in total. The van der Waals surface area contributed by atoms with Crippen molar-refractivity contribution >= 4 is 11.6 Å². The van der Waals surface area contributed by atoms with Crippen LogP contribution in [0.25, 0.3) is 0 Å². The van der Waals surface area contributed by atoms with E-state index in [1.165, 1.54) is 6.33 Å². The number of ether oxygens (including phenoxy) is 1. The molecule has 0 bridgehead atoms. The Kier molecular flexibility index (Phi) is 3.04. The van der Waals surface area contributed by atoms with Gasteiger partial charge in [0.05, 0.1) is 6.04 Å². The summed E-state index contributed by atoms with van der Waals surface area (Å²) in [5.41, 5.74) is 6.98. The lowest BCUT2D eigenvalue weighted by molar-refractivity contribution is 0.0617. The molecule has 110 valence electrons. The first-order valence-electron chi connectivity index (χ1n) is 6.69. The number of nitrogens with zero attached hydrogens (tertiary/aromatic N) is 2. The van der Waals surface area contributed by atoms with Crippen molar-refractivity contribution < 1.29 is 9.53 Å². The lowest BCUT2D eigenvalue weighted by Gasteiger charge is -2.37. The number of carbonyl (C=O) groups excluding carboxylic acids is 1. The van der Waals surface area contributed by atoms with Gasteiger partial charge >= 0.3 is 0 Å². The maximum atomic E-state index is 12.2. The number of rotatable bonds is 2. The third-order valence-corrected chi connectivity index (χ3v) is 3.43.